The highest BCUT2D eigenvalue weighted by atomic mass is 35.5. The Kier molecular flexibility index (Phi) is 11.4. The number of nitrogens with zero attached hydrogens (tertiary/aromatic N) is 2. The van der Waals surface area contributed by atoms with Crippen LogP contribution in [0.4, 0.5) is 0 Å². The summed E-state index contributed by atoms with van der Waals surface area (Å²) in [6.07, 6.45) is 7.54. The quantitative estimate of drug-likeness (QED) is 0.307. The second-order valence-corrected chi connectivity index (χ2v) is 12.6. The number of amides is 2. The van der Waals surface area contributed by atoms with Crippen molar-refractivity contribution < 1.29 is 34.1 Å². The predicted molar refractivity (Wildman–Crippen MR) is 172 cm³/mol. The Balaban J connectivity index is 0.00000461. The minimum atomic E-state index is -1.10. The highest BCUT2D eigenvalue weighted by Crippen LogP contribution is 2.38. The fourth-order valence-electron chi connectivity index (χ4n) is 6.97. The fourth-order valence-corrected chi connectivity index (χ4v) is 6.97. The maximum atomic E-state index is 13.8. The van der Waals surface area contributed by atoms with Gasteiger partial charge in [-0.05, 0) is 68.0 Å². The molecule has 0 aromatic heterocycles. The summed E-state index contributed by atoms with van der Waals surface area (Å²) in [6, 6.07) is 11.5. The molecule has 3 aliphatic rings. The van der Waals surface area contributed by atoms with Gasteiger partial charge in [0, 0.05) is 32.6 Å². The maximum Gasteiger partial charge on any atom is 0.339 e. The van der Waals surface area contributed by atoms with Crippen molar-refractivity contribution in [1.29, 1.82) is 0 Å². The highest BCUT2D eigenvalue weighted by molar-refractivity contribution is 6.00. The van der Waals surface area contributed by atoms with Crippen LogP contribution in [-0.4, -0.2) is 81.7 Å². The number of carboxylic acid groups (broad SMARTS) is 1. The van der Waals surface area contributed by atoms with Crippen LogP contribution >= 0.6 is 12.4 Å². The van der Waals surface area contributed by atoms with Crippen molar-refractivity contribution in [3.05, 3.63) is 53.6 Å². The summed E-state index contributed by atoms with van der Waals surface area (Å²) in [4.78, 5) is 43.4. The second kappa shape index (κ2) is 14.8. The summed E-state index contributed by atoms with van der Waals surface area (Å²) in [5, 5.41) is 23.8. The van der Waals surface area contributed by atoms with Crippen LogP contribution < -0.4 is 14.8 Å². The molecule has 11 heteroatoms. The SMILES string of the molecule is CCCCN1C(=O)[C@@H](CC2(O)CCCCC2)NC(=O)C12CCN(Cc1ccc(Oc3ccc(OC)cc3C(=O)O)cc1)CC2.Cl. The number of methoxy groups -OCH3 is 1. The summed E-state index contributed by atoms with van der Waals surface area (Å²) >= 11 is 0. The van der Waals surface area contributed by atoms with Crippen molar-refractivity contribution in [3.8, 4) is 17.2 Å². The molecule has 2 aliphatic heterocycles. The van der Waals surface area contributed by atoms with Crippen LogP contribution in [0, 0.1) is 0 Å². The van der Waals surface area contributed by atoms with E-state index >= 15 is 0 Å². The molecular formula is C34H46ClN3O7. The molecule has 1 atom stereocenters. The van der Waals surface area contributed by atoms with E-state index in [1.165, 1.54) is 13.2 Å². The Morgan fingerprint density at radius 2 is 1.67 bits per heavy atom. The number of carboxylic acids is 1. The van der Waals surface area contributed by atoms with Crippen molar-refractivity contribution >= 4 is 30.2 Å². The number of benzene rings is 2. The molecule has 3 N–H and O–H groups in total. The van der Waals surface area contributed by atoms with Gasteiger partial charge in [-0.3, -0.25) is 14.5 Å². The van der Waals surface area contributed by atoms with E-state index in [0.717, 1.165) is 37.7 Å². The molecule has 3 fully saturated rings. The van der Waals surface area contributed by atoms with E-state index in [4.69, 9.17) is 9.47 Å². The lowest BCUT2D eigenvalue weighted by molar-refractivity contribution is -0.163. The lowest BCUT2D eigenvalue weighted by Crippen LogP contribution is -2.73. The van der Waals surface area contributed by atoms with Crippen molar-refractivity contribution in [3.63, 3.8) is 0 Å². The molecule has 0 radical (unpaired) electrons. The number of halogens is 1. The molecule has 2 saturated heterocycles. The van der Waals surface area contributed by atoms with Gasteiger partial charge in [0.2, 0.25) is 11.8 Å². The average molecular weight is 644 g/mol. The topological polar surface area (TPSA) is 129 Å². The molecule has 2 aromatic rings. The minimum Gasteiger partial charge on any atom is -0.497 e. The van der Waals surface area contributed by atoms with Gasteiger partial charge >= 0.3 is 5.97 Å². The highest BCUT2D eigenvalue weighted by Gasteiger charge is 2.54. The monoisotopic (exact) mass is 643 g/mol. The van der Waals surface area contributed by atoms with E-state index in [1.54, 1.807) is 12.1 Å². The molecule has 5 rings (SSSR count). The normalized spacial score (nSPS) is 21.1. The van der Waals surface area contributed by atoms with Gasteiger partial charge in [-0.15, -0.1) is 12.4 Å². The fraction of sp³-hybridized carbons (Fsp3) is 0.559. The number of carbonyl (C=O) groups excluding carboxylic acids is 2. The van der Waals surface area contributed by atoms with E-state index in [-0.39, 0.29) is 42.0 Å². The van der Waals surface area contributed by atoms with E-state index in [9.17, 15) is 24.6 Å². The van der Waals surface area contributed by atoms with E-state index in [2.05, 4.69) is 17.1 Å². The third kappa shape index (κ3) is 7.73. The third-order valence-electron chi connectivity index (χ3n) is 9.57. The summed E-state index contributed by atoms with van der Waals surface area (Å²) in [5.41, 5.74) is -0.657. The Labute approximate surface area is 271 Å². The number of rotatable bonds is 11. The van der Waals surface area contributed by atoms with Gasteiger partial charge in [0.15, 0.2) is 0 Å². The first kappa shape index (κ1) is 34.5. The van der Waals surface area contributed by atoms with Crippen LogP contribution in [0.25, 0.3) is 0 Å². The average Bonchev–Trinajstić information content (AvgIpc) is 3.02. The zero-order valence-electron chi connectivity index (χ0n) is 26.3. The Bertz CT molecular complexity index is 1340. The molecule has 1 aliphatic carbocycles. The van der Waals surface area contributed by atoms with Gasteiger partial charge in [0.1, 0.15) is 34.4 Å². The van der Waals surface area contributed by atoms with Crippen molar-refractivity contribution in [2.45, 2.75) is 94.9 Å². The van der Waals surface area contributed by atoms with Crippen LogP contribution in [0.3, 0.4) is 0 Å². The first-order chi connectivity index (χ1) is 21.2. The number of unbranched alkanes of at least 4 members (excludes halogenated alkanes) is 1. The molecule has 10 nitrogen and oxygen atoms in total. The third-order valence-corrected chi connectivity index (χ3v) is 9.57. The first-order valence-electron chi connectivity index (χ1n) is 15.9. The van der Waals surface area contributed by atoms with Gasteiger partial charge in [-0.25, -0.2) is 4.79 Å². The van der Waals surface area contributed by atoms with Crippen molar-refractivity contribution in [2.24, 2.45) is 0 Å². The van der Waals surface area contributed by atoms with Crippen LogP contribution in [-0.2, 0) is 16.1 Å². The van der Waals surface area contributed by atoms with Gasteiger partial charge in [0.25, 0.3) is 0 Å². The van der Waals surface area contributed by atoms with E-state index in [1.807, 2.05) is 29.2 Å². The zero-order chi connectivity index (χ0) is 31.3. The van der Waals surface area contributed by atoms with E-state index in [0.29, 0.717) is 63.4 Å². The number of nitrogens with one attached hydrogen (secondary N) is 1. The molecule has 2 aromatic carbocycles. The molecule has 1 spiro atoms. The van der Waals surface area contributed by atoms with E-state index < -0.39 is 23.2 Å². The summed E-state index contributed by atoms with van der Waals surface area (Å²) in [7, 11) is 1.48. The summed E-state index contributed by atoms with van der Waals surface area (Å²) < 4.78 is 11.0. The molecule has 2 amide bonds. The molecule has 0 unspecified atom stereocenters. The molecule has 0 bridgehead atoms. The molecular weight excluding hydrogens is 598 g/mol. The number of hydrogen-bond donors (Lipinski definition) is 3. The smallest absolute Gasteiger partial charge is 0.339 e. The number of piperidine rings is 1. The maximum absolute atomic E-state index is 13.8. The number of ether oxygens (including phenoxy) is 2. The Morgan fingerprint density at radius 1 is 1.00 bits per heavy atom. The molecule has 1 saturated carbocycles. The number of likely N-dealkylation sites (tertiary alicyclic amines) is 1. The number of piperazine rings is 1. The largest absolute Gasteiger partial charge is 0.497 e. The standard InChI is InChI=1S/C34H45N3O7.ClH/c1-3-4-18-37-30(38)28(22-33(42)14-6-5-7-15-33)35-32(41)34(37)16-19-36(20-17-34)23-24-8-10-25(11-9-24)44-29-13-12-26(43-2)21-27(29)31(39)40;/h8-13,21,28,42H,3-7,14-20,22-23H2,1-2H3,(H,35,41)(H,39,40);1H/t28-;/m1./s1. The minimum absolute atomic E-state index is 0. The van der Waals surface area contributed by atoms with Crippen molar-refractivity contribution in [1.82, 2.24) is 15.1 Å². The predicted octanol–water partition coefficient (Wildman–Crippen LogP) is 5.15. The molecule has 2 heterocycles. The van der Waals surface area contributed by atoms with Crippen molar-refractivity contribution in [2.75, 3.05) is 26.7 Å². The molecule has 45 heavy (non-hydrogen) atoms. The number of aliphatic hydroxyl groups is 1. The van der Waals surface area contributed by atoms with Crippen LogP contribution in [0.15, 0.2) is 42.5 Å². The Hall–Kier alpha value is -3.34. The zero-order valence-corrected chi connectivity index (χ0v) is 27.1. The van der Waals surface area contributed by atoms with Crippen LogP contribution in [0.2, 0.25) is 0 Å². The first-order valence-corrected chi connectivity index (χ1v) is 15.9. The van der Waals surface area contributed by atoms with Gasteiger partial charge in [0.05, 0.1) is 12.7 Å². The summed E-state index contributed by atoms with van der Waals surface area (Å²) in [5.74, 6) is -0.0419. The molecule has 246 valence electrons. The van der Waals surface area contributed by atoms with Gasteiger partial charge < -0.3 is 29.9 Å². The number of aromatic carboxylic acids is 1. The Morgan fingerprint density at radius 3 is 2.29 bits per heavy atom. The van der Waals surface area contributed by atoms with Gasteiger partial charge in [-0.2, -0.15) is 0 Å². The van der Waals surface area contributed by atoms with Gasteiger partial charge in [-0.1, -0.05) is 44.7 Å². The van der Waals surface area contributed by atoms with Crippen LogP contribution in [0.1, 0.15) is 87.1 Å². The lowest BCUT2D eigenvalue weighted by atomic mass is 9.77. The number of carbonyl (C=O) groups is 3. The summed E-state index contributed by atoms with van der Waals surface area (Å²) in [6.45, 7) is 4.66. The second-order valence-electron chi connectivity index (χ2n) is 12.6. The van der Waals surface area contributed by atoms with Crippen LogP contribution in [0.5, 0.6) is 17.2 Å². The number of hydrogen-bond acceptors (Lipinski definition) is 7. The lowest BCUT2D eigenvalue weighted by Gasteiger charge is -2.52.